The molecule has 0 radical (unpaired) electrons. The second kappa shape index (κ2) is 6.06. The number of amides is 2. The van der Waals surface area contributed by atoms with E-state index in [1.165, 1.54) is 0 Å². The second-order valence-electron chi connectivity index (χ2n) is 4.29. The lowest BCUT2D eigenvalue weighted by Crippen LogP contribution is -2.47. The van der Waals surface area contributed by atoms with Crippen molar-refractivity contribution in [2.75, 3.05) is 39.5 Å². The SMILES string of the molecule is O=C(NC1CCOCC1)N1CCCOCC1. The summed E-state index contributed by atoms with van der Waals surface area (Å²) in [6.07, 6.45) is 2.79. The molecule has 0 aromatic rings. The summed E-state index contributed by atoms with van der Waals surface area (Å²) in [5.41, 5.74) is 0. The number of hydrogen-bond donors (Lipinski definition) is 1. The van der Waals surface area contributed by atoms with Crippen molar-refractivity contribution in [3.63, 3.8) is 0 Å². The Balaban J connectivity index is 1.76. The average molecular weight is 228 g/mol. The van der Waals surface area contributed by atoms with Crippen LogP contribution in [0.1, 0.15) is 19.3 Å². The van der Waals surface area contributed by atoms with Gasteiger partial charge in [-0.05, 0) is 19.3 Å². The van der Waals surface area contributed by atoms with Gasteiger partial charge in [-0.1, -0.05) is 0 Å². The fourth-order valence-corrected chi connectivity index (χ4v) is 2.06. The summed E-state index contributed by atoms with van der Waals surface area (Å²) in [4.78, 5) is 13.8. The van der Waals surface area contributed by atoms with Crippen molar-refractivity contribution in [1.82, 2.24) is 10.2 Å². The molecular weight excluding hydrogens is 208 g/mol. The maximum atomic E-state index is 11.9. The molecule has 2 aliphatic rings. The van der Waals surface area contributed by atoms with Crippen LogP contribution in [0.3, 0.4) is 0 Å². The molecule has 0 bridgehead atoms. The summed E-state index contributed by atoms with van der Waals surface area (Å²) in [6, 6.07) is 0.336. The van der Waals surface area contributed by atoms with Gasteiger partial charge in [0.15, 0.2) is 0 Å². The molecule has 1 N–H and O–H groups in total. The molecule has 92 valence electrons. The molecule has 0 saturated carbocycles. The first kappa shape index (κ1) is 11.7. The third-order valence-corrected chi connectivity index (χ3v) is 3.06. The minimum atomic E-state index is 0.0531. The van der Waals surface area contributed by atoms with E-state index in [0.29, 0.717) is 13.2 Å². The van der Waals surface area contributed by atoms with E-state index in [9.17, 15) is 4.79 Å². The number of ether oxygens (including phenoxy) is 2. The van der Waals surface area contributed by atoms with Gasteiger partial charge in [0, 0.05) is 39.0 Å². The van der Waals surface area contributed by atoms with E-state index in [4.69, 9.17) is 9.47 Å². The van der Waals surface area contributed by atoms with Crippen LogP contribution in [0.5, 0.6) is 0 Å². The molecule has 2 heterocycles. The van der Waals surface area contributed by atoms with Gasteiger partial charge in [-0.15, -0.1) is 0 Å². The highest BCUT2D eigenvalue weighted by Gasteiger charge is 2.20. The van der Waals surface area contributed by atoms with Crippen LogP contribution in [0, 0.1) is 0 Å². The molecule has 16 heavy (non-hydrogen) atoms. The number of nitrogens with one attached hydrogen (secondary N) is 1. The molecule has 2 saturated heterocycles. The molecular formula is C11H20N2O3. The first-order chi connectivity index (χ1) is 7.86. The minimum absolute atomic E-state index is 0.0531. The molecule has 5 nitrogen and oxygen atoms in total. The van der Waals surface area contributed by atoms with E-state index in [1.54, 1.807) is 0 Å². The van der Waals surface area contributed by atoms with Crippen LogP contribution in [0.4, 0.5) is 4.79 Å². The van der Waals surface area contributed by atoms with Crippen molar-refractivity contribution in [3.8, 4) is 0 Å². The largest absolute Gasteiger partial charge is 0.381 e. The summed E-state index contributed by atoms with van der Waals surface area (Å²) in [7, 11) is 0. The Morgan fingerprint density at radius 3 is 2.62 bits per heavy atom. The molecule has 2 aliphatic heterocycles. The number of rotatable bonds is 1. The zero-order chi connectivity index (χ0) is 11.2. The Hall–Kier alpha value is -0.810. The zero-order valence-electron chi connectivity index (χ0n) is 9.61. The molecule has 2 amide bonds. The van der Waals surface area contributed by atoms with E-state index in [-0.39, 0.29) is 12.1 Å². The highest BCUT2D eigenvalue weighted by molar-refractivity contribution is 5.74. The zero-order valence-corrected chi connectivity index (χ0v) is 9.61. The molecule has 0 spiro atoms. The van der Waals surface area contributed by atoms with Crippen LogP contribution in [-0.2, 0) is 9.47 Å². The normalized spacial score (nSPS) is 23.9. The van der Waals surface area contributed by atoms with Crippen LogP contribution in [0.2, 0.25) is 0 Å². The van der Waals surface area contributed by atoms with Crippen LogP contribution in [0.25, 0.3) is 0 Å². The lowest BCUT2D eigenvalue weighted by Gasteiger charge is -2.27. The summed E-state index contributed by atoms with van der Waals surface area (Å²) in [5, 5.41) is 3.07. The van der Waals surface area contributed by atoms with Crippen molar-refractivity contribution in [2.45, 2.75) is 25.3 Å². The molecule has 2 fully saturated rings. The van der Waals surface area contributed by atoms with Gasteiger partial charge in [0.1, 0.15) is 0 Å². The Morgan fingerprint density at radius 2 is 1.81 bits per heavy atom. The van der Waals surface area contributed by atoms with Gasteiger partial charge in [-0.25, -0.2) is 4.79 Å². The Bertz CT molecular complexity index is 221. The van der Waals surface area contributed by atoms with Crippen LogP contribution in [0.15, 0.2) is 0 Å². The number of nitrogens with zero attached hydrogens (tertiary/aromatic N) is 1. The van der Waals surface area contributed by atoms with E-state index in [2.05, 4.69) is 5.32 Å². The fraction of sp³-hybridized carbons (Fsp3) is 0.909. The quantitative estimate of drug-likeness (QED) is 0.715. The average Bonchev–Trinajstić information content (AvgIpc) is 2.59. The highest BCUT2D eigenvalue weighted by atomic mass is 16.5. The van der Waals surface area contributed by atoms with Crippen molar-refractivity contribution >= 4 is 6.03 Å². The minimum Gasteiger partial charge on any atom is -0.381 e. The van der Waals surface area contributed by atoms with Crippen molar-refractivity contribution < 1.29 is 14.3 Å². The second-order valence-corrected chi connectivity index (χ2v) is 4.29. The number of carbonyl (C=O) groups is 1. The third kappa shape index (κ3) is 3.35. The molecule has 0 atom stereocenters. The van der Waals surface area contributed by atoms with Gasteiger partial charge in [0.2, 0.25) is 0 Å². The Labute approximate surface area is 96.1 Å². The fourth-order valence-electron chi connectivity index (χ4n) is 2.06. The predicted molar refractivity (Wildman–Crippen MR) is 59.4 cm³/mol. The molecule has 5 heteroatoms. The Kier molecular flexibility index (Phi) is 4.42. The molecule has 0 aliphatic carbocycles. The highest BCUT2D eigenvalue weighted by Crippen LogP contribution is 2.07. The van der Waals surface area contributed by atoms with Crippen LogP contribution >= 0.6 is 0 Å². The number of hydrogen-bond acceptors (Lipinski definition) is 3. The van der Waals surface area contributed by atoms with Gasteiger partial charge < -0.3 is 19.7 Å². The van der Waals surface area contributed by atoms with E-state index in [0.717, 1.165) is 45.6 Å². The van der Waals surface area contributed by atoms with E-state index in [1.807, 2.05) is 4.90 Å². The van der Waals surface area contributed by atoms with Gasteiger partial charge in [0.05, 0.1) is 6.61 Å². The predicted octanol–water partition coefficient (Wildman–Crippen LogP) is 0.597. The lowest BCUT2D eigenvalue weighted by atomic mass is 10.1. The van der Waals surface area contributed by atoms with Crippen molar-refractivity contribution in [2.24, 2.45) is 0 Å². The van der Waals surface area contributed by atoms with Gasteiger partial charge >= 0.3 is 6.03 Å². The summed E-state index contributed by atoms with van der Waals surface area (Å²) in [5.74, 6) is 0. The monoisotopic (exact) mass is 228 g/mol. The number of urea groups is 1. The smallest absolute Gasteiger partial charge is 0.317 e. The van der Waals surface area contributed by atoms with Gasteiger partial charge in [-0.3, -0.25) is 0 Å². The first-order valence-corrected chi connectivity index (χ1v) is 6.07. The molecule has 2 rings (SSSR count). The number of carbonyl (C=O) groups excluding carboxylic acids is 1. The standard InChI is InChI=1S/C11H20N2O3/c14-11(12-10-2-7-16-8-3-10)13-4-1-6-15-9-5-13/h10H,1-9H2,(H,12,14). The lowest BCUT2D eigenvalue weighted by molar-refractivity contribution is 0.0778. The first-order valence-electron chi connectivity index (χ1n) is 6.07. The van der Waals surface area contributed by atoms with E-state index >= 15 is 0 Å². The summed E-state index contributed by atoms with van der Waals surface area (Å²) < 4.78 is 10.6. The molecule has 0 aromatic carbocycles. The Morgan fingerprint density at radius 1 is 1.06 bits per heavy atom. The maximum absolute atomic E-state index is 11.9. The molecule has 0 aromatic heterocycles. The van der Waals surface area contributed by atoms with Gasteiger partial charge in [-0.2, -0.15) is 0 Å². The van der Waals surface area contributed by atoms with Crippen molar-refractivity contribution in [3.05, 3.63) is 0 Å². The van der Waals surface area contributed by atoms with Crippen LogP contribution in [-0.4, -0.2) is 56.5 Å². The third-order valence-electron chi connectivity index (χ3n) is 3.06. The maximum Gasteiger partial charge on any atom is 0.317 e. The summed E-state index contributed by atoms with van der Waals surface area (Å²) >= 11 is 0. The summed E-state index contributed by atoms with van der Waals surface area (Å²) in [6.45, 7) is 4.44. The molecule has 0 unspecified atom stereocenters. The van der Waals surface area contributed by atoms with E-state index < -0.39 is 0 Å². The van der Waals surface area contributed by atoms with Crippen LogP contribution < -0.4 is 5.32 Å². The van der Waals surface area contributed by atoms with Gasteiger partial charge in [0.25, 0.3) is 0 Å². The van der Waals surface area contributed by atoms with Crippen molar-refractivity contribution in [1.29, 1.82) is 0 Å². The topological polar surface area (TPSA) is 50.8 Å².